The van der Waals surface area contributed by atoms with Crippen LogP contribution in [0.3, 0.4) is 0 Å². The summed E-state index contributed by atoms with van der Waals surface area (Å²) in [5.41, 5.74) is 0.668. The fraction of sp³-hybridized carbons (Fsp3) is 0.786. The highest BCUT2D eigenvalue weighted by Crippen LogP contribution is 2.30. The lowest BCUT2D eigenvalue weighted by molar-refractivity contribution is -0.138. The molecule has 0 aliphatic carbocycles. The molecule has 0 amide bonds. The smallest absolute Gasteiger partial charge is 0.478 e. The maximum atomic E-state index is 11.9. The maximum Gasteiger partial charge on any atom is 0.509 e. The van der Waals surface area contributed by atoms with Gasteiger partial charge in [-0.1, -0.05) is 12.7 Å². The molecule has 0 rings (SSSR count). The minimum Gasteiger partial charge on any atom is -0.478 e. The summed E-state index contributed by atoms with van der Waals surface area (Å²) in [6.45, 7) is 44.7. The number of hydrogen-bond donors (Lipinski definition) is 1. The zero-order valence-corrected chi connectivity index (χ0v) is 40.8. The zero-order valence-electron chi connectivity index (χ0n) is 32.8. The number of ether oxygens (including phenoxy) is 1. The van der Waals surface area contributed by atoms with Crippen LogP contribution in [0.2, 0.25) is 124 Å². The van der Waals surface area contributed by atoms with E-state index in [1.807, 2.05) is 0 Å². The number of carbonyl (C=O) groups is 2. The van der Waals surface area contributed by atoms with E-state index in [4.69, 9.17) is 34.5 Å². The Labute approximate surface area is 290 Å². The van der Waals surface area contributed by atoms with Crippen molar-refractivity contribution in [3.8, 4) is 0 Å². The van der Waals surface area contributed by atoms with E-state index in [9.17, 15) is 9.59 Å². The molecule has 18 heteroatoms. The number of allylic oxidation sites excluding steroid dienone is 1. The van der Waals surface area contributed by atoms with Crippen molar-refractivity contribution in [2.45, 2.75) is 138 Å². The molecule has 10 nitrogen and oxygen atoms in total. The van der Waals surface area contributed by atoms with Crippen molar-refractivity contribution < 1.29 is 44.1 Å². The molecule has 0 atom stereocenters. The summed E-state index contributed by atoms with van der Waals surface area (Å²) in [6, 6.07) is 0.421. The molecule has 0 aromatic carbocycles. The summed E-state index contributed by atoms with van der Waals surface area (Å²) >= 11 is 0. The third-order valence-corrected chi connectivity index (χ3v) is 27.9. The van der Waals surface area contributed by atoms with E-state index in [0.717, 1.165) is 0 Å². The predicted molar refractivity (Wildman–Crippen MR) is 210 cm³/mol. The van der Waals surface area contributed by atoms with Crippen molar-refractivity contribution in [1.29, 1.82) is 0 Å². The molecule has 0 aromatic rings. The average molecular weight is 790 g/mol. The van der Waals surface area contributed by atoms with Crippen molar-refractivity contribution in [2.24, 2.45) is 0 Å². The topological polar surface area (TPSA) is 119 Å². The number of esters is 1. The largest absolute Gasteiger partial charge is 0.509 e. The number of aliphatic carboxylic acids is 1. The first-order valence-electron chi connectivity index (χ1n) is 15.8. The number of rotatable bonds is 18. The third-order valence-electron chi connectivity index (χ3n) is 4.49. The van der Waals surface area contributed by atoms with Crippen LogP contribution in [0.1, 0.15) is 13.8 Å². The number of carboxylic acids is 1. The summed E-state index contributed by atoms with van der Waals surface area (Å²) in [4.78, 5) is 23.0. The Bertz CT molecular complexity index is 960. The van der Waals surface area contributed by atoms with Crippen molar-refractivity contribution in [2.75, 3.05) is 6.23 Å². The highest BCUT2D eigenvalue weighted by atomic mass is 28.5. The van der Waals surface area contributed by atoms with Crippen LogP contribution in [0.5, 0.6) is 0 Å². The molecule has 0 bridgehead atoms. The van der Waals surface area contributed by atoms with Crippen LogP contribution < -0.4 is 0 Å². The molecule has 0 saturated carbocycles. The fourth-order valence-corrected chi connectivity index (χ4v) is 32.0. The van der Waals surface area contributed by atoms with Gasteiger partial charge in [0.15, 0.2) is 56.1 Å². The summed E-state index contributed by atoms with van der Waals surface area (Å²) in [5, 5.41) is 9.13. The molecule has 0 aromatic heterocycles. The lowest BCUT2D eigenvalue weighted by Crippen LogP contribution is -2.63. The van der Waals surface area contributed by atoms with E-state index >= 15 is 0 Å². The Hall–Kier alpha value is -0.0849. The fourth-order valence-electron chi connectivity index (χ4n) is 3.78. The minimum atomic E-state index is -3.11. The molecular weight excluding hydrogens is 721 g/mol. The van der Waals surface area contributed by atoms with E-state index in [2.05, 4.69) is 124 Å². The van der Waals surface area contributed by atoms with Gasteiger partial charge in [0.1, 0.15) is 0 Å². The molecule has 0 aliphatic heterocycles. The third kappa shape index (κ3) is 25.9. The molecular formula is C28H68O10Si8. The first-order valence-corrected chi connectivity index (χ1v) is 40.1. The second-order valence-corrected chi connectivity index (χ2v) is 51.1. The maximum absolute atomic E-state index is 11.9. The Morgan fingerprint density at radius 3 is 1.02 bits per heavy atom. The Kier molecular flexibility index (Phi) is 18.5. The van der Waals surface area contributed by atoms with E-state index in [0.29, 0.717) is 17.2 Å². The summed E-state index contributed by atoms with van der Waals surface area (Å²) in [5.74, 6) is -1.35. The van der Waals surface area contributed by atoms with Gasteiger partial charge in [0, 0.05) is 17.2 Å². The quantitative estimate of drug-likeness (QED) is 0.0822. The number of carboxylic acid groups (broad SMARTS) is 1. The van der Waals surface area contributed by atoms with Gasteiger partial charge in [0.2, 0.25) is 0 Å². The average Bonchev–Trinajstić information content (AvgIpc) is 2.68. The van der Waals surface area contributed by atoms with Gasteiger partial charge in [-0.3, -0.25) is 0 Å². The molecule has 0 heterocycles. The molecule has 0 unspecified atom stereocenters. The van der Waals surface area contributed by atoms with Gasteiger partial charge >= 0.3 is 29.5 Å². The van der Waals surface area contributed by atoms with Crippen LogP contribution in [0.4, 0.5) is 0 Å². The second kappa shape index (κ2) is 17.7. The van der Waals surface area contributed by atoms with Crippen LogP contribution in [-0.2, 0) is 39.0 Å². The summed E-state index contributed by atoms with van der Waals surface area (Å²) in [7, 11) is -17.7. The van der Waals surface area contributed by atoms with Crippen molar-refractivity contribution >= 4 is 79.5 Å². The highest BCUT2D eigenvalue weighted by Gasteiger charge is 2.52. The van der Waals surface area contributed by atoms with E-state index in [1.165, 1.54) is 0 Å². The van der Waals surface area contributed by atoms with Crippen LogP contribution >= 0.6 is 0 Å². The molecule has 272 valence electrons. The normalized spacial score (nSPS) is 14.4. The van der Waals surface area contributed by atoms with Gasteiger partial charge < -0.3 is 34.5 Å². The van der Waals surface area contributed by atoms with E-state index in [-0.39, 0.29) is 6.23 Å². The van der Waals surface area contributed by atoms with E-state index < -0.39 is 79.5 Å². The molecule has 0 radical (unpaired) electrons. The monoisotopic (exact) mass is 788 g/mol. The van der Waals surface area contributed by atoms with Crippen molar-refractivity contribution in [1.82, 2.24) is 0 Å². The van der Waals surface area contributed by atoms with Gasteiger partial charge in [-0.25, -0.2) is 9.59 Å². The minimum absolute atomic E-state index is 0.0531. The van der Waals surface area contributed by atoms with Crippen molar-refractivity contribution in [3.63, 3.8) is 0 Å². The van der Waals surface area contributed by atoms with Gasteiger partial charge in [-0.2, -0.15) is 0 Å². The van der Waals surface area contributed by atoms with Gasteiger partial charge in [0.25, 0.3) is 0 Å². The molecule has 0 spiro atoms. The lowest BCUT2D eigenvalue weighted by Gasteiger charge is -2.42. The zero-order chi connectivity index (χ0) is 37.4. The lowest BCUT2D eigenvalue weighted by atomic mass is 10.3. The second-order valence-electron chi connectivity index (χ2n) is 17.4. The van der Waals surface area contributed by atoms with Gasteiger partial charge in [0.05, 0.1) is 0 Å². The standard InChI is InChI=1S/2C14H34O5Si4/c1-13(2)14(15)16-12-23(17-20(3,4)5,18-21(6,7)8)19-22(9,10)11;1-13(14(15)16)11-12-23(17-20(2,3)4,18-21(5,6)7)19-22(8,9)10/h1,12H2,2-11H3;11H,12H2,1-10H3,(H,15,16). The van der Waals surface area contributed by atoms with Gasteiger partial charge in [-0.15, -0.1) is 0 Å². The number of hydrogen-bond acceptors (Lipinski definition) is 9. The SMILES string of the molecule is C=C(C)C(=O)OC[Si](O[Si](C)(C)C)(O[Si](C)(C)C)O[Si](C)(C)C.CC(=CC[Si](O[Si](C)(C)C)(O[Si](C)(C)C)O[Si](C)(C)C)C(=O)O. The van der Waals surface area contributed by atoms with Crippen LogP contribution in [0.25, 0.3) is 0 Å². The molecule has 0 saturated heterocycles. The highest BCUT2D eigenvalue weighted by molar-refractivity contribution is 6.91. The molecule has 1 N–H and O–H groups in total. The molecule has 0 fully saturated rings. The first kappa shape index (κ1) is 48.0. The molecule has 0 aliphatic rings. The van der Waals surface area contributed by atoms with E-state index in [1.54, 1.807) is 19.9 Å². The Morgan fingerprint density at radius 2 is 0.804 bits per heavy atom. The summed E-state index contributed by atoms with van der Waals surface area (Å²) < 4.78 is 44.1. The van der Waals surface area contributed by atoms with Crippen molar-refractivity contribution in [3.05, 3.63) is 23.8 Å². The van der Waals surface area contributed by atoms with Crippen LogP contribution in [0.15, 0.2) is 23.8 Å². The Balaban J connectivity index is 0. The molecule has 46 heavy (non-hydrogen) atoms. The first-order chi connectivity index (χ1) is 19.9. The van der Waals surface area contributed by atoms with Crippen LogP contribution in [-0.4, -0.2) is 90.8 Å². The number of carbonyl (C=O) groups excluding carboxylic acids is 1. The summed E-state index contributed by atoms with van der Waals surface area (Å²) in [6.07, 6.45) is 1.76. The predicted octanol–water partition coefficient (Wildman–Crippen LogP) is 8.65. The van der Waals surface area contributed by atoms with Crippen LogP contribution in [0, 0.1) is 0 Å². The van der Waals surface area contributed by atoms with Gasteiger partial charge in [-0.05, 0) is 132 Å². The Morgan fingerprint density at radius 1 is 0.543 bits per heavy atom.